The third kappa shape index (κ3) is 6.10. The molecule has 0 radical (unpaired) electrons. The van der Waals surface area contributed by atoms with Gasteiger partial charge in [0, 0.05) is 32.2 Å². The molecule has 1 aromatic rings. The zero-order valence-electron chi connectivity index (χ0n) is 16.7. The van der Waals surface area contributed by atoms with E-state index in [1.165, 1.54) is 6.42 Å². The van der Waals surface area contributed by atoms with Gasteiger partial charge in [0.15, 0.2) is 0 Å². The Morgan fingerprint density at radius 3 is 2.52 bits per heavy atom. The van der Waals surface area contributed by atoms with Crippen LogP contribution < -0.4 is 10.2 Å². The van der Waals surface area contributed by atoms with Crippen LogP contribution in [-0.4, -0.2) is 49.6 Å². The first-order valence-electron chi connectivity index (χ1n) is 10.4. The maximum absolute atomic E-state index is 11.5. The molecule has 1 saturated carbocycles. The van der Waals surface area contributed by atoms with Crippen LogP contribution in [0.2, 0.25) is 5.02 Å². The highest BCUT2D eigenvalue weighted by atomic mass is 35.5. The molecule has 0 unspecified atom stereocenters. The number of nitrogens with one attached hydrogen (secondary N) is 1. The first-order valence-corrected chi connectivity index (χ1v) is 10.8. The summed E-state index contributed by atoms with van der Waals surface area (Å²) in [5.74, 6) is 0.577. The number of halogens is 1. The van der Waals surface area contributed by atoms with E-state index >= 15 is 0 Å². The summed E-state index contributed by atoms with van der Waals surface area (Å²) in [5, 5.41) is 21.4. The third-order valence-corrected chi connectivity index (χ3v) is 6.41. The lowest BCUT2D eigenvalue weighted by atomic mass is 9.84. The third-order valence-electron chi connectivity index (χ3n) is 6.09. The second-order valence-corrected chi connectivity index (χ2v) is 8.42. The summed E-state index contributed by atoms with van der Waals surface area (Å²) in [6.07, 6.45) is 5.48. The molecular weight excluding hydrogens is 386 g/mol. The Morgan fingerprint density at radius 1 is 1.14 bits per heavy atom. The van der Waals surface area contributed by atoms with Crippen LogP contribution in [0.25, 0.3) is 0 Å². The van der Waals surface area contributed by atoms with Gasteiger partial charge in [-0.25, -0.2) is 0 Å². The summed E-state index contributed by atoms with van der Waals surface area (Å²) in [6.45, 7) is 4.97. The lowest BCUT2D eigenvalue weighted by Gasteiger charge is -2.37. The fourth-order valence-corrected chi connectivity index (χ4v) is 4.59. The van der Waals surface area contributed by atoms with Crippen molar-refractivity contribution >= 4 is 23.2 Å². The van der Waals surface area contributed by atoms with E-state index < -0.39 is 0 Å². The van der Waals surface area contributed by atoms with E-state index in [0.717, 1.165) is 70.0 Å². The van der Waals surface area contributed by atoms with E-state index in [4.69, 9.17) is 22.1 Å². The number of carbonyl (C=O) groups excluding carboxylic acids is 1. The highest BCUT2D eigenvalue weighted by molar-refractivity contribution is 6.33. The van der Waals surface area contributed by atoms with Gasteiger partial charge in [0.2, 0.25) is 5.91 Å². The molecule has 2 fully saturated rings. The normalized spacial score (nSPS) is 22.5. The minimum atomic E-state index is -0.144. The van der Waals surface area contributed by atoms with Crippen molar-refractivity contribution in [3.05, 3.63) is 28.8 Å². The zero-order chi connectivity index (χ0) is 20.6. The molecule has 0 bridgehead atoms. The average molecular weight is 414 g/mol. The summed E-state index contributed by atoms with van der Waals surface area (Å²) in [4.78, 5) is 16.3. The van der Waals surface area contributed by atoms with Gasteiger partial charge < -0.3 is 10.2 Å². The van der Waals surface area contributed by atoms with E-state index in [1.807, 2.05) is 12.1 Å². The van der Waals surface area contributed by atoms with E-state index in [-0.39, 0.29) is 18.4 Å². The van der Waals surface area contributed by atoms with Gasteiger partial charge in [-0.1, -0.05) is 11.6 Å². The number of nitriles is 2. The predicted molar refractivity (Wildman–Crippen MR) is 114 cm³/mol. The first-order chi connectivity index (χ1) is 14.1. The van der Waals surface area contributed by atoms with E-state index in [1.54, 1.807) is 12.1 Å². The molecule has 1 aliphatic carbocycles. The predicted octanol–water partition coefficient (Wildman–Crippen LogP) is 3.31. The number of carbonyl (C=O) groups is 1. The zero-order valence-corrected chi connectivity index (χ0v) is 17.5. The van der Waals surface area contributed by atoms with Crippen LogP contribution in [0, 0.1) is 28.6 Å². The quantitative estimate of drug-likeness (QED) is 0.773. The van der Waals surface area contributed by atoms with Crippen molar-refractivity contribution in [2.45, 2.75) is 44.6 Å². The summed E-state index contributed by atoms with van der Waals surface area (Å²) < 4.78 is 0. The van der Waals surface area contributed by atoms with Crippen molar-refractivity contribution in [2.24, 2.45) is 5.92 Å². The molecule has 1 heterocycles. The number of anilines is 1. The molecule has 1 aromatic carbocycles. The monoisotopic (exact) mass is 413 g/mol. The van der Waals surface area contributed by atoms with Crippen LogP contribution >= 0.6 is 11.6 Å². The van der Waals surface area contributed by atoms with Gasteiger partial charge in [0.1, 0.15) is 6.42 Å². The van der Waals surface area contributed by atoms with Crippen LogP contribution in [0.1, 0.15) is 44.1 Å². The van der Waals surface area contributed by atoms with E-state index in [9.17, 15) is 4.79 Å². The van der Waals surface area contributed by atoms with Crippen molar-refractivity contribution in [3.8, 4) is 12.1 Å². The van der Waals surface area contributed by atoms with Gasteiger partial charge >= 0.3 is 0 Å². The molecule has 6 nitrogen and oxygen atoms in total. The molecular formula is C22H28ClN5O. The molecule has 0 atom stereocenters. The largest absolute Gasteiger partial charge is 0.368 e. The van der Waals surface area contributed by atoms with Crippen molar-refractivity contribution in [1.82, 2.24) is 10.2 Å². The van der Waals surface area contributed by atoms with Crippen LogP contribution in [-0.2, 0) is 4.79 Å². The number of amides is 1. The van der Waals surface area contributed by atoms with Crippen molar-refractivity contribution in [3.63, 3.8) is 0 Å². The standard InChI is InChI=1S/C22H28ClN5O/c23-20-6-3-18(16-25)15-21(20)28-13-11-27(12-14-28)10-8-17-1-4-19(5-2-17)26-22(29)7-9-24/h3,6,15,17,19H,1-2,4-5,7-8,10-14H2,(H,26,29)/t17-,19-. The Hall–Kier alpha value is -2.28. The van der Waals surface area contributed by atoms with Crippen molar-refractivity contribution < 1.29 is 4.79 Å². The van der Waals surface area contributed by atoms with Crippen LogP contribution in [0.4, 0.5) is 5.69 Å². The average Bonchev–Trinajstić information content (AvgIpc) is 2.74. The number of piperazine rings is 1. The summed E-state index contributed by atoms with van der Waals surface area (Å²) in [5.41, 5.74) is 1.60. The number of rotatable bonds is 6. The number of hydrogen-bond acceptors (Lipinski definition) is 5. The first kappa shape index (κ1) is 21.4. The maximum Gasteiger partial charge on any atom is 0.234 e. The lowest BCUT2D eigenvalue weighted by molar-refractivity contribution is -0.121. The molecule has 154 valence electrons. The minimum absolute atomic E-state index is 0.0437. The van der Waals surface area contributed by atoms with E-state index in [2.05, 4.69) is 21.2 Å². The molecule has 0 aromatic heterocycles. The van der Waals surface area contributed by atoms with Gasteiger partial charge in [0.25, 0.3) is 0 Å². The van der Waals surface area contributed by atoms with E-state index in [0.29, 0.717) is 10.6 Å². The summed E-state index contributed by atoms with van der Waals surface area (Å²) >= 11 is 6.34. The number of nitrogens with zero attached hydrogens (tertiary/aromatic N) is 4. The Morgan fingerprint density at radius 2 is 1.86 bits per heavy atom. The molecule has 1 saturated heterocycles. The lowest BCUT2D eigenvalue weighted by Crippen LogP contribution is -2.47. The van der Waals surface area contributed by atoms with Gasteiger partial charge in [0.05, 0.1) is 28.4 Å². The van der Waals surface area contributed by atoms with Gasteiger partial charge in [-0.15, -0.1) is 0 Å². The molecule has 1 amide bonds. The molecule has 0 spiro atoms. The second kappa shape index (κ2) is 10.5. The molecule has 29 heavy (non-hydrogen) atoms. The van der Waals surface area contributed by atoms with Crippen LogP contribution in [0.15, 0.2) is 18.2 Å². The summed E-state index contributed by atoms with van der Waals surface area (Å²) in [7, 11) is 0. The molecule has 1 aliphatic heterocycles. The molecule has 3 rings (SSSR count). The molecule has 2 aliphatic rings. The van der Waals surface area contributed by atoms with Gasteiger partial charge in [-0.05, 0) is 62.8 Å². The number of benzene rings is 1. The Bertz CT molecular complexity index is 783. The smallest absolute Gasteiger partial charge is 0.234 e. The van der Waals surface area contributed by atoms with Crippen LogP contribution in [0.5, 0.6) is 0 Å². The highest BCUT2D eigenvalue weighted by Crippen LogP contribution is 2.29. The van der Waals surface area contributed by atoms with Crippen molar-refractivity contribution in [1.29, 1.82) is 10.5 Å². The van der Waals surface area contributed by atoms with Gasteiger partial charge in [-0.2, -0.15) is 10.5 Å². The topological polar surface area (TPSA) is 83.2 Å². The van der Waals surface area contributed by atoms with Crippen LogP contribution in [0.3, 0.4) is 0 Å². The maximum atomic E-state index is 11.5. The Balaban J connectivity index is 1.37. The molecule has 1 N–H and O–H groups in total. The number of hydrogen-bond donors (Lipinski definition) is 1. The van der Waals surface area contributed by atoms with Gasteiger partial charge in [-0.3, -0.25) is 9.69 Å². The fraction of sp³-hybridized carbons (Fsp3) is 0.591. The SMILES string of the molecule is N#CCC(=O)N[C@H]1CC[C@H](CCN2CCN(c3cc(C#N)ccc3Cl)CC2)CC1. The second-order valence-electron chi connectivity index (χ2n) is 8.02. The summed E-state index contributed by atoms with van der Waals surface area (Å²) in [6, 6.07) is 9.77. The fourth-order valence-electron chi connectivity index (χ4n) is 4.35. The van der Waals surface area contributed by atoms with Crippen molar-refractivity contribution in [2.75, 3.05) is 37.6 Å². The highest BCUT2D eigenvalue weighted by Gasteiger charge is 2.24. The Kier molecular flexibility index (Phi) is 7.75. The molecule has 7 heteroatoms. The minimum Gasteiger partial charge on any atom is -0.368 e. The Labute approximate surface area is 178 Å².